The van der Waals surface area contributed by atoms with Crippen LogP contribution in [-0.2, 0) is 9.53 Å². The molecule has 1 heterocycles. The Hall–Kier alpha value is -0.820. The summed E-state index contributed by atoms with van der Waals surface area (Å²) in [5.41, 5.74) is 0. The second-order valence-corrected chi connectivity index (χ2v) is 5.61. The van der Waals surface area contributed by atoms with Crippen LogP contribution in [0.4, 0.5) is 13.2 Å². The Balaban J connectivity index is 2.15. The minimum Gasteiger partial charge on any atom is -0.481 e. The molecule has 7 heteroatoms. The van der Waals surface area contributed by atoms with Crippen molar-refractivity contribution in [2.45, 2.75) is 63.8 Å². The van der Waals surface area contributed by atoms with Crippen molar-refractivity contribution in [3.05, 3.63) is 0 Å². The molecule has 1 N–H and O–H groups in total. The maximum Gasteiger partial charge on any atom is 0.389 e. The predicted octanol–water partition coefficient (Wildman–Crippen LogP) is 3.06. The first kappa shape index (κ1) is 18.2. The third-order valence-electron chi connectivity index (χ3n) is 3.85. The molecule has 0 amide bonds. The van der Waals surface area contributed by atoms with Crippen molar-refractivity contribution in [3.63, 3.8) is 0 Å². The third-order valence-corrected chi connectivity index (χ3v) is 3.85. The van der Waals surface area contributed by atoms with Crippen molar-refractivity contribution in [1.82, 2.24) is 4.90 Å². The molecule has 0 aromatic heterocycles. The SMILES string of the molecule is CC(CCCC(F)(F)F)N1CCC(OCCC(=O)O)CC1. The lowest BCUT2D eigenvalue weighted by Gasteiger charge is -2.36. The number of hydrogen-bond acceptors (Lipinski definition) is 3. The van der Waals surface area contributed by atoms with Crippen LogP contribution in [0.1, 0.15) is 45.4 Å². The Morgan fingerprint density at radius 1 is 1.38 bits per heavy atom. The van der Waals surface area contributed by atoms with Gasteiger partial charge in [-0.05, 0) is 32.6 Å². The van der Waals surface area contributed by atoms with E-state index in [1.165, 1.54) is 0 Å². The van der Waals surface area contributed by atoms with Crippen LogP contribution in [0.3, 0.4) is 0 Å². The molecule has 1 unspecified atom stereocenters. The second-order valence-electron chi connectivity index (χ2n) is 5.61. The summed E-state index contributed by atoms with van der Waals surface area (Å²) in [5.74, 6) is -0.870. The summed E-state index contributed by atoms with van der Waals surface area (Å²) in [6, 6.07) is 0.146. The summed E-state index contributed by atoms with van der Waals surface area (Å²) in [7, 11) is 0. The minimum absolute atomic E-state index is 0.00800. The predicted molar refractivity (Wildman–Crippen MR) is 72.2 cm³/mol. The number of carboxylic acid groups (broad SMARTS) is 1. The highest BCUT2D eigenvalue weighted by molar-refractivity contribution is 5.66. The van der Waals surface area contributed by atoms with Gasteiger partial charge in [-0.3, -0.25) is 4.79 Å². The molecule has 1 aliphatic heterocycles. The molecule has 0 spiro atoms. The van der Waals surface area contributed by atoms with Crippen molar-refractivity contribution in [2.24, 2.45) is 0 Å². The topological polar surface area (TPSA) is 49.8 Å². The van der Waals surface area contributed by atoms with E-state index in [2.05, 4.69) is 4.90 Å². The second kappa shape index (κ2) is 8.58. The maximum atomic E-state index is 12.1. The molecule has 0 aliphatic carbocycles. The normalized spacial score (nSPS) is 19.6. The van der Waals surface area contributed by atoms with Gasteiger partial charge in [0.15, 0.2) is 0 Å². The highest BCUT2D eigenvalue weighted by Crippen LogP contribution is 2.24. The Kier molecular flexibility index (Phi) is 7.45. The number of piperidine rings is 1. The summed E-state index contributed by atoms with van der Waals surface area (Å²) in [6.07, 6.45) is -2.37. The van der Waals surface area contributed by atoms with E-state index in [9.17, 15) is 18.0 Å². The zero-order valence-corrected chi connectivity index (χ0v) is 12.4. The summed E-state index contributed by atoms with van der Waals surface area (Å²) in [5, 5.41) is 8.53. The quantitative estimate of drug-likeness (QED) is 0.748. The number of halogens is 3. The van der Waals surface area contributed by atoms with Crippen molar-refractivity contribution in [3.8, 4) is 0 Å². The van der Waals surface area contributed by atoms with Crippen LogP contribution in [0.2, 0.25) is 0 Å². The van der Waals surface area contributed by atoms with Crippen molar-refractivity contribution in [2.75, 3.05) is 19.7 Å². The summed E-state index contributed by atoms with van der Waals surface area (Å²) >= 11 is 0. The first-order chi connectivity index (χ1) is 9.78. The van der Waals surface area contributed by atoms with Gasteiger partial charge in [0.2, 0.25) is 0 Å². The molecule has 124 valence electrons. The van der Waals surface area contributed by atoms with Crippen LogP contribution in [0.25, 0.3) is 0 Å². The van der Waals surface area contributed by atoms with Gasteiger partial charge in [0.25, 0.3) is 0 Å². The summed E-state index contributed by atoms with van der Waals surface area (Å²) < 4.78 is 41.8. The standard InChI is InChI=1S/C14H24F3NO3/c1-11(3-2-7-14(15,16)17)18-8-4-12(5-9-18)21-10-6-13(19)20/h11-12H,2-10H2,1H3,(H,19,20). The van der Waals surface area contributed by atoms with E-state index in [1.807, 2.05) is 6.92 Å². The summed E-state index contributed by atoms with van der Waals surface area (Å²) in [4.78, 5) is 12.6. The lowest BCUT2D eigenvalue weighted by molar-refractivity contribution is -0.139. The molecular weight excluding hydrogens is 287 g/mol. The van der Waals surface area contributed by atoms with E-state index in [-0.39, 0.29) is 31.6 Å². The number of nitrogens with zero attached hydrogens (tertiary/aromatic N) is 1. The van der Waals surface area contributed by atoms with Gasteiger partial charge in [0.1, 0.15) is 0 Å². The van der Waals surface area contributed by atoms with Crippen LogP contribution >= 0.6 is 0 Å². The number of rotatable bonds is 8. The smallest absolute Gasteiger partial charge is 0.389 e. The van der Waals surface area contributed by atoms with Crippen molar-refractivity contribution >= 4 is 5.97 Å². The zero-order valence-electron chi connectivity index (χ0n) is 12.4. The Labute approximate surface area is 123 Å². The number of likely N-dealkylation sites (tertiary alicyclic amines) is 1. The molecule has 0 aromatic rings. The van der Waals surface area contributed by atoms with Gasteiger partial charge < -0.3 is 14.7 Å². The number of alkyl halides is 3. The van der Waals surface area contributed by atoms with E-state index in [0.717, 1.165) is 25.9 Å². The molecule has 0 bridgehead atoms. The number of carbonyl (C=O) groups is 1. The molecule has 1 aliphatic rings. The van der Waals surface area contributed by atoms with Gasteiger partial charge in [0, 0.05) is 25.6 Å². The fourth-order valence-corrected chi connectivity index (χ4v) is 2.58. The monoisotopic (exact) mass is 311 g/mol. The van der Waals surface area contributed by atoms with E-state index in [1.54, 1.807) is 0 Å². The Morgan fingerprint density at radius 3 is 2.52 bits per heavy atom. The van der Waals surface area contributed by atoms with Gasteiger partial charge in [-0.2, -0.15) is 13.2 Å². The Morgan fingerprint density at radius 2 is 2.00 bits per heavy atom. The maximum absolute atomic E-state index is 12.1. The molecule has 0 saturated carbocycles. The van der Waals surface area contributed by atoms with Gasteiger partial charge in [-0.15, -0.1) is 0 Å². The molecule has 4 nitrogen and oxygen atoms in total. The summed E-state index contributed by atoms with van der Waals surface area (Å²) in [6.45, 7) is 3.78. The molecule has 1 saturated heterocycles. The first-order valence-electron chi connectivity index (χ1n) is 7.42. The molecule has 21 heavy (non-hydrogen) atoms. The van der Waals surface area contributed by atoms with Crippen molar-refractivity contribution < 1.29 is 27.8 Å². The highest BCUT2D eigenvalue weighted by atomic mass is 19.4. The largest absolute Gasteiger partial charge is 0.481 e. The first-order valence-corrected chi connectivity index (χ1v) is 7.42. The fraction of sp³-hybridized carbons (Fsp3) is 0.929. The molecule has 1 atom stereocenters. The fourth-order valence-electron chi connectivity index (χ4n) is 2.58. The lowest BCUT2D eigenvalue weighted by Crippen LogP contribution is -2.42. The van der Waals surface area contributed by atoms with Crippen LogP contribution in [0.5, 0.6) is 0 Å². The van der Waals surface area contributed by atoms with Crippen molar-refractivity contribution in [1.29, 1.82) is 0 Å². The Bertz CT molecular complexity index is 315. The van der Waals surface area contributed by atoms with Gasteiger partial charge >= 0.3 is 12.1 Å². The number of carboxylic acids is 1. The van der Waals surface area contributed by atoms with Crippen LogP contribution in [0.15, 0.2) is 0 Å². The van der Waals surface area contributed by atoms with Crippen LogP contribution in [0, 0.1) is 0 Å². The van der Waals surface area contributed by atoms with Gasteiger partial charge in [-0.25, -0.2) is 0 Å². The van der Waals surface area contributed by atoms with E-state index in [0.29, 0.717) is 6.42 Å². The molecule has 1 rings (SSSR count). The molecular formula is C14H24F3NO3. The van der Waals surface area contributed by atoms with Crippen LogP contribution in [-0.4, -0.2) is 54.0 Å². The zero-order chi connectivity index (χ0) is 15.9. The lowest BCUT2D eigenvalue weighted by atomic mass is 10.0. The average Bonchev–Trinajstić information content (AvgIpc) is 2.37. The molecule has 0 aromatic carbocycles. The average molecular weight is 311 g/mol. The van der Waals surface area contributed by atoms with Gasteiger partial charge in [-0.1, -0.05) is 0 Å². The number of aliphatic carboxylic acids is 1. The number of hydrogen-bond donors (Lipinski definition) is 1. The van der Waals surface area contributed by atoms with E-state index in [4.69, 9.17) is 9.84 Å². The molecule has 1 fully saturated rings. The van der Waals surface area contributed by atoms with Gasteiger partial charge in [0.05, 0.1) is 19.1 Å². The third kappa shape index (κ3) is 8.26. The highest BCUT2D eigenvalue weighted by Gasteiger charge is 2.28. The molecule has 0 radical (unpaired) electrons. The van der Waals surface area contributed by atoms with E-state index < -0.39 is 18.6 Å². The number of ether oxygens (including phenoxy) is 1. The van der Waals surface area contributed by atoms with E-state index >= 15 is 0 Å². The van der Waals surface area contributed by atoms with Crippen LogP contribution < -0.4 is 0 Å². The minimum atomic E-state index is -4.06.